The van der Waals surface area contributed by atoms with Gasteiger partial charge in [-0.3, -0.25) is 4.21 Å². The molecule has 0 spiro atoms. The largest absolute Gasteiger partial charge is 0.771 e. The molecule has 3 nitrogen and oxygen atoms in total. The molecule has 1 unspecified atom stereocenters. The third-order valence-corrected chi connectivity index (χ3v) is 2.73. The second-order valence-corrected chi connectivity index (χ2v) is 3.23. The Labute approximate surface area is 50.8 Å². The molecule has 0 amide bonds. The van der Waals surface area contributed by atoms with Gasteiger partial charge in [-0.15, -0.1) is 0 Å². The van der Waals surface area contributed by atoms with Gasteiger partial charge in [-0.25, -0.2) is 0 Å². The van der Waals surface area contributed by atoms with E-state index in [1.54, 1.807) is 7.05 Å². The van der Waals surface area contributed by atoms with Gasteiger partial charge in [-0.1, -0.05) is 0 Å². The summed E-state index contributed by atoms with van der Waals surface area (Å²) in [6.07, 6.45) is 1.53. The van der Waals surface area contributed by atoms with Gasteiger partial charge in [0.15, 0.2) is 0 Å². The smallest absolute Gasteiger partial charge is 0.0812 e. The van der Waals surface area contributed by atoms with Crippen molar-refractivity contribution in [2.45, 2.75) is 17.7 Å². The third kappa shape index (κ3) is 0.788. The highest BCUT2D eigenvalue weighted by molar-refractivity contribution is 7.80. The van der Waals surface area contributed by atoms with Crippen LogP contribution in [0.2, 0.25) is 0 Å². The van der Waals surface area contributed by atoms with Crippen LogP contribution in [0.25, 0.3) is 0 Å². The number of nitrogens with one attached hydrogen (secondary N) is 1. The minimum atomic E-state index is -1.93. The van der Waals surface area contributed by atoms with Gasteiger partial charge >= 0.3 is 0 Å². The van der Waals surface area contributed by atoms with Gasteiger partial charge in [0.2, 0.25) is 0 Å². The topological polar surface area (TPSA) is 52.2 Å². The van der Waals surface area contributed by atoms with Gasteiger partial charge < -0.3 is 9.87 Å². The van der Waals surface area contributed by atoms with E-state index in [2.05, 4.69) is 5.32 Å². The monoisotopic (exact) mass is 134 g/mol. The summed E-state index contributed by atoms with van der Waals surface area (Å²) in [5.74, 6) is 0. The summed E-state index contributed by atoms with van der Waals surface area (Å²) in [7, 11) is 1.67. The fourth-order valence-electron chi connectivity index (χ4n) is 0.614. The van der Waals surface area contributed by atoms with E-state index in [9.17, 15) is 8.76 Å². The van der Waals surface area contributed by atoms with Gasteiger partial charge in [-0.2, -0.15) is 0 Å². The molecule has 4 heteroatoms. The molecular weight excluding hydrogens is 126 g/mol. The lowest BCUT2D eigenvalue weighted by Crippen LogP contribution is -2.31. The van der Waals surface area contributed by atoms with Crippen LogP contribution in [0.3, 0.4) is 0 Å². The van der Waals surface area contributed by atoms with Crippen LogP contribution in [0.5, 0.6) is 0 Å². The van der Waals surface area contributed by atoms with E-state index in [0.717, 1.165) is 12.8 Å². The molecule has 0 radical (unpaired) electrons. The normalized spacial score (nSPS) is 27.2. The van der Waals surface area contributed by atoms with Crippen LogP contribution in [0.1, 0.15) is 12.8 Å². The molecule has 0 aromatic heterocycles. The maximum atomic E-state index is 10.3. The zero-order valence-electron chi connectivity index (χ0n) is 4.64. The van der Waals surface area contributed by atoms with Crippen molar-refractivity contribution in [3.05, 3.63) is 0 Å². The van der Waals surface area contributed by atoms with Crippen molar-refractivity contribution in [2.75, 3.05) is 7.05 Å². The van der Waals surface area contributed by atoms with E-state index < -0.39 is 16.0 Å². The molecule has 1 atom stereocenters. The van der Waals surface area contributed by atoms with Crippen LogP contribution in [-0.2, 0) is 11.1 Å². The highest BCUT2D eigenvalue weighted by atomic mass is 32.2. The van der Waals surface area contributed by atoms with E-state index in [-0.39, 0.29) is 0 Å². The maximum absolute atomic E-state index is 10.3. The molecule has 0 aliphatic heterocycles. The Kier molecular flexibility index (Phi) is 1.38. The van der Waals surface area contributed by atoms with Crippen LogP contribution in [0.15, 0.2) is 0 Å². The van der Waals surface area contributed by atoms with Crippen molar-refractivity contribution >= 4 is 11.1 Å². The fourth-order valence-corrected chi connectivity index (χ4v) is 1.22. The quantitative estimate of drug-likeness (QED) is 0.522. The second kappa shape index (κ2) is 1.79. The minimum Gasteiger partial charge on any atom is -0.771 e. The molecule has 1 N–H and O–H groups in total. The van der Waals surface area contributed by atoms with Crippen molar-refractivity contribution in [1.29, 1.82) is 0 Å². The minimum absolute atomic E-state index is 0.542. The van der Waals surface area contributed by atoms with Crippen molar-refractivity contribution < 1.29 is 8.76 Å². The van der Waals surface area contributed by atoms with Gasteiger partial charge in [0.05, 0.1) is 4.87 Å². The zero-order valence-corrected chi connectivity index (χ0v) is 5.46. The molecule has 1 saturated carbocycles. The Morgan fingerprint density at radius 3 is 2.25 bits per heavy atom. The summed E-state index contributed by atoms with van der Waals surface area (Å²) in [5, 5.41) is 2.74. The number of hydrogen-bond donors (Lipinski definition) is 1. The maximum Gasteiger partial charge on any atom is 0.0812 e. The van der Waals surface area contributed by atoms with E-state index in [1.807, 2.05) is 0 Å². The van der Waals surface area contributed by atoms with Gasteiger partial charge in [0.25, 0.3) is 0 Å². The summed E-state index contributed by atoms with van der Waals surface area (Å²) in [5.41, 5.74) is 0. The lowest BCUT2D eigenvalue weighted by atomic mass is 10.7. The predicted octanol–water partition coefficient (Wildman–Crippen LogP) is -0.425. The van der Waals surface area contributed by atoms with Gasteiger partial charge in [-0.05, 0) is 31.0 Å². The SMILES string of the molecule is CNC1(S(=O)[O-])CC1. The molecule has 0 aromatic rings. The number of rotatable bonds is 2. The van der Waals surface area contributed by atoms with Crippen LogP contribution in [0.4, 0.5) is 0 Å². The molecule has 8 heavy (non-hydrogen) atoms. The summed E-state index contributed by atoms with van der Waals surface area (Å²) in [6, 6.07) is 0. The van der Waals surface area contributed by atoms with Crippen molar-refractivity contribution in [2.24, 2.45) is 0 Å². The van der Waals surface area contributed by atoms with E-state index >= 15 is 0 Å². The lowest BCUT2D eigenvalue weighted by Gasteiger charge is -2.16. The lowest BCUT2D eigenvalue weighted by molar-refractivity contribution is 0.506. The Morgan fingerprint density at radius 1 is 1.75 bits per heavy atom. The van der Waals surface area contributed by atoms with Crippen LogP contribution >= 0.6 is 0 Å². The first-order valence-corrected chi connectivity index (χ1v) is 3.57. The van der Waals surface area contributed by atoms with Crippen molar-refractivity contribution in [1.82, 2.24) is 5.32 Å². The standard InChI is InChI=1S/C4H9NO2S/c1-5-4(2-3-4)8(6)7/h5H,2-3H2,1H3,(H,6,7)/p-1. The van der Waals surface area contributed by atoms with E-state index in [4.69, 9.17) is 0 Å². The van der Waals surface area contributed by atoms with Crippen LogP contribution in [0, 0.1) is 0 Å². The number of hydrogen-bond acceptors (Lipinski definition) is 3. The fraction of sp³-hybridized carbons (Fsp3) is 1.00. The first-order valence-electron chi connectivity index (χ1n) is 2.49. The molecule has 0 saturated heterocycles. The highest BCUT2D eigenvalue weighted by Crippen LogP contribution is 2.36. The summed E-state index contributed by atoms with van der Waals surface area (Å²) < 4.78 is 20.5. The Hall–Kier alpha value is 0.0700. The molecule has 1 fully saturated rings. The van der Waals surface area contributed by atoms with E-state index in [1.165, 1.54) is 0 Å². The Morgan fingerprint density at radius 2 is 2.25 bits per heavy atom. The Balaban J connectivity index is 2.53. The average molecular weight is 134 g/mol. The van der Waals surface area contributed by atoms with Crippen molar-refractivity contribution in [3.8, 4) is 0 Å². The first kappa shape index (κ1) is 6.19. The third-order valence-electron chi connectivity index (χ3n) is 1.48. The summed E-state index contributed by atoms with van der Waals surface area (Å²) in [6.45, 7) is 0. The molecular formula is C4H8NO2S-. The molecule has 0 heterocycles. The van der Waals surface area contributed by atoms with Crippen LogP contribution in [-0.4, -0.2) is 20.7 Å². The molecule has 48 valence electrons. The molecule has 0 aromatic carbocycles. The van der Waals surface area contributed by atoms with E-state index in [0.29, 0.717) is 0 Å². The second-order valence-electron chi connectivity index (χ2n) is 1.98. The van der Waals surface area contributed by atoms with Crippen molar-refractivity contribution in [3.63, 3.8) is 0 Å². The Bertz CT molecular complexity index is 121. The van der Waals surface area contributed by atoms with Gasteiger partial charge in [0.1, 0.15) is 0 Å². The molecule has 1 rings (SSSR count). The van der Waals surface area contributed by atoms with Crippen LogP contribution < -0.4 is 5.32 Å². The summed E-state index contributed by atoms with van der Waals surface area (Å²) in [4.78, 5) is -0.542. The highest BCUT2D eigenvalue weighted by Gasteiger charge is 2.42. The first-order chi connectivity index (χ1) is 3.71. The predicted molar refractivity (Wildman–Crippen MR) is 29.9 cm³/mol. The zero-order chi connectivity index (χ0) is 6.20. The summed E-state index contributed by atoms with van der Waals surface area (Å²) >= 11 is -1.93. The average Bonchev–Trinajstić information content (AvgIpc) is 2.44. The molecule has 0 bridgehead atoms. The van der Waals surface area contributed by atoms with Gasteiger partial charge in [0, 0.05) is 0 Å². The molecule has 1 aliphatic rings. The molecule has 1 aliphatic carbocycles.